The lowest BCUT2D eigenvalue weighted by atomic mass is 9.98. The maximum absolute atomic E-state index is 12.7. The molecular weight excluding hydrogens is 368 g/mol. The van der Waals surface area contributed by atoms with E-state index in [1.54, 1.807) is 19.1 Å². The van der Waals surface area contributed by atoms with Gasteiger partial charge in [-0.2, -0.15) is 4.31 Å². The van der Waals surface area contributed by atoms with Crippen molar-refractivity contribution in [3.05, 3.63) is 23.3 Å². The van der Waals surface area contributed by atoms with Crippen LogP contribution in [0.15, 0.2) is 12.1 Å². The minimum atomic E-state index is -3.38. The lowest BCUT2D eigenvalue weighted by Crippen LogP contribution is -2.47. The number of benzene rings is 1. The zero-order valence-electron chi connectivity index (χ0n) is 17.0. The van der Waals surface area contributed by atoms with Crippen molar-refractivity contribution in [3.63, 3.8) is 0 Å². The maximum atomic E-state index is 12.7. The third kappa shape index (κ3) is 5.13. The summed E-state index contributed by atoms with van der Waals surface area (Å²) < 4.78 is 36.1. The standard InChI is InChI=1S/C19H30N2O5S/c1-19(2,3)21(27(6,23)24)10-8-18(22)20-9-7-14-11-16(25-4)17(26-5)12-15(14)13-20/h11-12H,7-10,13H2,1-6H3. The van der Waals surface area contributed by atoms with E-state index in [1.165, 1.54) is 10.6 Å². The fraction of sp³-hybridized carbons (Fsp3) is 0.632. The Hall–Kier alpha value is -1.80. The Kier molecular flexibility index (Phi) is 6.42. The summed E-state index contributed by atoms with van der Waals surface area (Å²) in [6.45, 7) is 6.76. The van der Waals surface area contributed by atoms with Gasteiger partial charge in [-0.3, -0.25) is 4.79 Å². The number of hydrogen-bond donors (Lipinski definition) is 0. The summed E-state index contributed by atoms with van der Waals surface area (Å²) in [5, 5.41) is 0. The first-order valence-electron chi connectivity index (χ1n) is 8.96. The summed E-state index contributed by atoms with van der Waals surface area (Å²) in [4.78, 5) is 14.5. The largest absolute Gasteiger partial charge is 0.493 e. The molecule has 0 aliphatic carbocycles. The summed E-state index contributed by atoms with van der Waals surface area (Å²) in [5.74, 6) is 1.28. The van der Waals surface area contributed by atoms with Gasteiger partial charge in [-0.15, -0.1) is 0 Å². The quantitative estimate of drug-likeness (QED) is 0.733. The molecule has 8 heteroatoms. The predicted molar refractivity (Wildman–Crippen MR) is 105 cm³/mol. The number of rotatable bonds is 6. The second-order valence-corrected chi connectivity index (χ2v) is 9.70. The van der Waals surface area contributed by atoms with Crippen molar-refractivity contribution < 1.29 is 22.7 Å². The number of carbonyl (C=O) groups is 1. The van der Waals surface area contributed by atoms with Gasteiger partial charge in [0, 0.05) is 31.6 Å². The number of fused-ring (bicyclic) bond motifs is 1. The van der Waals surface area contributed by atoms with Crippen LogP contribution in [0.5, 0.6) is 11.5 Å². The Morgan fingerprint density at radius 3 is 2.19 bits per heavy atom. The molecule has 0 fully saturated rings. The van der Waals surface area contributed by atoms with E-state index in [4.69, 9.17) is 9.47 Å². The highest BCUT2D eigenvalue weighted by Crippen LogP contribution is 2.33. The summed E-state index contributed by atoms with van der Waals surface area (Å²) >= 11 is 0. The van der Waals surface area contributed by atoms with Crippen LogP contribution in [0.25, 0.3) is 0 Å². The Morgan fingerprint density at radius 1 is 1.15 bits per heavy atom. The van der Waals surface area contributed by atoms with Crippen LogP contribution in [-0.4, -0.2) is 62.6 Å². The maximum Gasteiger partial charge on any atom is 0.224 e. The molecule has 2 rings (SSSR count). The van der Waals surface area contributed by atoms with Crippen molar-refractivity contribution in [2.45, 2.75) is 45.7 Å². The number of carbonyl (C=O) groups excluding carboxylic acids is 1. The second kappa shape index (κ2) is 8.06. The molecule has 1 heterocycles. The lowest BCUT2D eigenvalue weighted by molar-refractivity contribution is -0.132. The van der Waals surface area contributed by atoms with Gasteiger partial charge in [0.15, 0.2) is 11.5 Å². The highest BCUT2D eigenvalue weighted by molar-refractivity contribution is 7.88. The van der Waals surface area contributed by atoms with E-state index in [1.807, 2.05) is 32.9 Å². The normalized spacial score (nSPS) is 14.9. The third-order valence-electron chi connectivity index (χ3n) is 4.75. The minimum Gasteiger partial charge on any atom is -0.493 e. The van der Waals surface area contributed by atoms with E-state index in [-0.39, 0.29) is 18.9 Å². The lowest BCUT2D eigenvalue weighted by Gasteiger charge is -2.34. The molecule has 7 nitrogen and oxygen atoms in total. The summed E-state index contributed by atoms with van der Waals surface area (Å²) in [5.41, 5.74) is 1.61. The van der Waals surface area contributed by atoms with Crippen LogP contribution in [0, 0.1) is 0 Å². The minimum absolute atomic E-state index is 0.0478. The van der Waals surface area contributed by atoms with Crippen molar-refractivity contribution in [3.8, 4) is 11.5 Å². The molecule has 1 aliphatic rings. The topological polar surface area (TPSA) is 76.2 Å². The van der Waals surface area contributed by atoms with E-state index < -0.39 is 15.6 Å². The first-order chi connectivity index (χ1) is 12.5. The average molecular weight is 399 g/mol. The van der Waals surface area contributed by atoms with Crippen LogP contribution >= 0.6 is 0 Å². The zero-order valence-corrected chi connectivity index (χ0v) is 17.9. The van der Waals surface area contributed by atoms with Gasteiger partial charge in [-0.25, -0.2) is 8.42 Å². The number of hydrogen-bond acceptors (Lipinski definition) is 5. The molecule has 0 spiro atoms. The van der Waals surface area contributed by atoms with Gasteiger partial charge in [-0.05, 0) is 50.5 Å². The molecule has 152 valence electrons. The highest BCUT2D eigenvalue weighted by atomic mass is 32.2. The molecule has 0 atom stereocenters. The van der Waals surface area contributed by atoms with Gasteiger partial charge in [0.05, 0.1) is 20.5 Å². The molecular formula is C19H30N2O5S. The Labute approximate surface area is 162 Å². The van der Waals surface area contributed by atoms with Crippen LogP contribution in [0.2, 0.25) is 0 Å². The first-order valence-corrected chi connectivity index (χ1v) is 10.8. The van der Waals surface area contributed by atoms with E-state index in [2.05, 4.69) is 0 Å². The van der Waals surface area contributed by atoms with Crippen molar-refractivity contribution in [1.82, 2.24) is 9.21 Å². The van der Waals surface area contributed by atoms with Crippen LogP contribution in [0.4, 0.5) is 0 Å². The van der Waals surface area contributed by atoms with Crippen LogP contribution in [0.3, 0.4) is 0 Å². The predicted octanol–water partition coefficient (Wildman–Crippen LogP) is 2.04. The smallest absolute Gasteiger partial charge is 0.224 e. The van der Waals surface area contributed by atoms with Crippen LogP contribution in [-0.2, 0) is 27.8 Å². The molecule has 0 unspecified atom stereocenters. The molecule has 0 aromatic heterocycles. The molecule has 1 aromatic carbocycles. The van der Waals surface area contributed by atoms with Gasteiger partial charge >= 0.3 is 0 Å². The molecule has 0 saturated carbocycles. The summed E-state index contributed by atoms with van der Waals surface area (Å²) in [7, 11) is -0.194. The van der Waals surface area contributed by atoms with Gasteiger partial charge in [0.25, 0.3) is 0 Å². The number of nitrogens with zero attached hydrogens (tertiary/aromatic N) is 2. The fourth-order valence-corrected chi connectivity index (χ4v) is 4.87. The molecule has 0 bridgehead atoms. The Bertz CT molecular complexity index is 799. The van der Waals surface area contributed by atoms with Gasteiger partial charge < -0.3 is 14.4 Å². The summed E-state index contributed by atoms with van der Waals surface area (Å²) in [6, 6.07) is 3.87. The molecule has 0 saturated heterocycles. The van der Waals surface area contributed by atoms with E-state index >= 15 is 0 Å². The Balaban J connectivity index is 2.09. The SMILES string of the molecule is COc1cc2c(cc1OC)CN(C(=O)CCN(C(C)(C)C)S(C)(=O)=O)CC2. The van der Waals surface area contributed by atoms with E-state index in [0.29, 0.717) is 24.6 Å². The highest BCUT2D eigenvalue weighted by Gasteiger charge is 2.31. The van der Waals surface area contributed by atoms with Gasteiger partial charge in [0.2, 0.25) is 15.9 Å². The molecule has 0 radical (unpaired) electrons. The Morgan fingerprint density at radius 2 is 1.70 bits per heavy atom. The fourth-order valence-electron chi connectivity index (χ4n) is 3.45. The molecule has 27 heavy (non-hydrogen) atoms. The molecule has 1 aromatic rings. The molecule has 1 aliphatic heterocycles. The summed E-state index contributed by atoms with van der Waals surface area (Å²) in [6.07, 6.45) is 2.07. The van der Waals surface area contributed by atoms with E-state index in [0.717, 1.165) is 17.5 Å². The van der Waals surface area contributed by atoms with Gasteiger partial charge in [-0.1, -0.05) is 0 Å². The van der Waals surface area contributed by atoms with Crippen molar-refractivity contribution >= 4 is 15.9 Å². The second-order valence-electron chi connectivity index (χ2n) is 7.80. The van der Waals surface area contributed by atoms with Crippen molar-refractivity contribution in [2.24, 2.45) is 0 Å². The van der Waals surface area contributed by atoms with Gasteiger partial charge in [0.1, 0.15) is 0 Å². The van der Waals surface area contributed by atoms with E-state index in [9.17, 15) is 13.2 Å². The number of amides is 1. The van der Waals surface area contributed by atoms with Crippen LogP contribution < -0.4 is 9.47 Å². The monoisotopic (exact) mass is 398 g/mol. The molecule has 1 amide bonds. The van der Waals surface area contributed by atoms with Crippen molar-refractivity contribution in [1.29, 1.82) is 0 Å². The number of ether oxygens (including phenoxy) is 2. The first kappa shape index (κ1) is 21.5. The molecule has 0 N–H and O–H groups in total. The number of methoxy groups -OCH3 is 2. The van der Waals surface area contributed by atoms with Crippen molar-refractivity contribution in [2.75, 3.05) is 33.6 Å². The average Bonchev–Trinajstić information content (AvgIpc) is 2.57. The third-order valence-corrected chi connectivity index (χ3v) is 6.28. The number of sulfonamides is 1. The van der Waals surface area contributed by atoms with Crippen LogP contribution in [0.1, 0.15) is 38.3 Å². The zero-order chi connectivity index (χ0) is 20.4.